The van der Waals surface area contributed by atoms with Crippen LogP contribution < -0.4 is 10.6 Å². The number of hydrogen-bond donors (Lipinski definition) is 2. The summed E-state index contributed by atoms with van der Waals surface area (Å²) in [6.07, 6.45) is 3.57. The number of benzene rings is 3. The van der Waals surface area contributed by atoms with E-state index in [1.54, 1.807) is 38.7 Å². The van der Waals surface area contributed by atoms with Crippen molar-refractivity contribution in [2.75, 3.05) is 5.32 Å². The van der Waals surface area contributed by atoms with E-state index in [4.69, 9.17) is 4.74 Å². The van der Waals surface area contributed by atoms with Gasteiger partial charge < -0.3 is 20.3 Å². The van der Waals surface area contributed by atoms with Crippen LogP contribution in [0.4, 0.5) is 10.5 Å². The van der Waals surface area contributed by atoms with Gasteiger partial charge in [0.1, 0.15) is 17.7 Å². The Labute approximate surface area is 230 Å². The average Bonchev–Trinajstić information content (AvgIpc) is 2.85. The van der Waals surface area contributed by atoms with Gasteiger partial charge in [-0.25, -0.2) is 4.79 Å². The molecule has 0 radical (unpaired) electrons. The molecule has 0 saturated heterocycles. The predicted molar refractivity (Wildman–Crippen MR) is 155 cm³/mol. The van der Waals surface area contributed by atoms with E-state index in [9.17, 15) is 14.4 Å². The SMILES string of the molecule is C=Cc1cccc(C(C(=O)Nc2ccc3ccccc3c2)N(C(=O)C(C)NC(=O)OC(C)(C)C)C2CCC2)c1. The molecular weight excluding hydrogens is 490 g/mol. The van der Waals surface area contributed by atoms with Crippen LogP contribution >= 0.6 is 0 Å². The molecule has 7 heteroatoms. The Hall–Kier alpha value is -4.13. The van der Waals surface area contributed by atoms with E-state index in [2.05, 4.69) is 17.2 Å². The Kier molecular flexibility index (Phi) is 8.38. The number of nitrogens with zero attached hydrogens (tertiary/aromatic N) is 1. The molecule has 4 rings (SSSR count). The van der Waals surface area contributed by atoms with Gasteiger partial charge in [-0.1, -0.05) is 61.2 Å². The predicted octanol–water partition coefficient (Wildman–Crippen LogP) is 6.46. The topological polar surface area (TPSA) is 87.7 Å². The van der Waals surface area contributed by atoms with Crippen molar-refractivity contribution >= 4 is 40.4 Å². The Morgan fingerprint density at radius 3 is 2.36 bits per heavy atom. The summed E-state index contributed by atoms with van der Waals surface area (Å²) in [6, 6.07) is 19.2. The molecule has 2 atom stereocenters. The van der Waals surface area contributed by atoms with Crippen LogP contribution in [-0.2, 0) is 14.3 Å². The minimum atomic E-state index is -0.906. The van der Waals surface area contributed by atoms with Crippen molar-refractivity contribution in [3.8, 4) is 0 Å². The van der Waals surface area contributed by atoms with E-state index in [1.807, 2.05) is 66.7 Å². The van der Waals surface area contributed by atoms with E-state index in [0.29, 0.717) is 11.3 Å². The molecule has 1 saturated carbocycles. The lowest BCUT2D eigenvalue weighted by atomic mass is 9.88. The van der Waals surface area contributed by atoms with Gasteiger partial charge in [0.05, 0.1) is 0 Å². The molecule has 7 nitrogen and oxygen atoms in total. The molecule has 1 fully saturated rings. The van der Waals surface area contributed by atoms with Gasteiger partial charge in [-0.3, -0.25) is 9.59 Å². The highest BCUT2D eigenvalue weighted by Gasteiger charge is 2.41. The lowest BCUT2D eigenvalue weighted by molar-refractivity contribution is -0.145. The number of fused-ring (bicyclic) bond motifs is 1. The van der Waals surface area contributed by atoms with Crippen molar-refractivity contribution in [3.05, 3.63) is 84.4 Å². The first-order chi connectivity index (χ1) is 18.6. The van der Waals surface area contributed by atoms with E-state index < -0.39 is 23.8 Å². The molecule has 2 unspecified atom stereocenters. The van der Waals surface area contributed by atoms with Crippen LogP contribution in [0, 0.1) is 0 Å². The lowest BCUT2D eigenvalue weighted by Gasteiger charge is -2.43. The van der Waals surface area contributed by atoms with Crippen molar-refractivity contribution < 1.29 is 19.1 Å². The Balaban J connectivity index is 1.68. The number of alkyl carbamates (subject to hydrolysis) is 1. The Morgan fingerprint density at radius 2 is 1.72 bits per heavy atom. The maximum absolute atomic E-state index is 14.0. The van der Waals surface area contributed by atoms with E-state index >= 15 is 0 Å². The van der Waals surface area contributed by atoms with Gasteiger partial charge >= 0.3 is 6.09 Å². The molecule has 0 spiro atoms. The highest BCUT2D eigenvalue weighted by atomic mass is 16.6. The van der Waals surface area contributed by atoms with Crippen LogP contribution in [0.2, 0.25) is 0 Å². The maximum Gasteiger partial charge on any atom is 0.408 e. The number of anilines is 1. The third kappa shape index (κ3) is 6.85. The molecular formula is C32H37N3O4. The van der Waals surface area contributed by atoms with Gasteiger partial charge in [0, 0.05) is 11.7 Å². The minimum absolute atomic E-state index is 0.125. The number of hydrogen-bond acceptors (Lipinski definition) is 4. The van der Waals surface area contributed by atoms with Gasteiger partial charge in [0.15, 0.2) is 0 Å². The van der Waals surface area contributed by atoms with Crippen molar-refractivity contribution in [1.82, 2.24) is 10.2 Å². The zero-order valence-corrected chi connectivity index (χ0v) is 23.1. The van der Waals surface area contributed by atoms with E-state index in [1.165, 1.54) is 0 Å². The number of ether oxygens (including phenoxy) is 1. The van der Waals surface area contributed by atoms with E-state index in [0.717, 1.165) is 35.6 Å². The third-order valence-corrected chi connectivity index (χ3v) is 6.83. The fourth-order valence-electron chi connectivity index (χ4n) is 4.72. The lowest BCUT2D eigenvalue weighted by Crippen LogP contribution is -2.56. The number of rotatable bonds is 8. The molecule has 3 aromatic rings. The van der Waals surface area contributed by atoms with Crippen LogP contribution in [0.1, 0.15) is 64.1 Å². The standard InChI is InChI=1S/C32H37N3O4/c1-6-22-11-9-14-25(19-22)28(29(36)34-26-18-17-23-12-7-8-13-24(23)20-26)35(27-15-10-16-27)30(37)21(2)33-31(38)39-32(3,4)5/h6-9,11-14,17-21,27-28H,1,10,15-16H2,2-5H3,(H,33,38)(H,34,36). The largest absolute Gasteiger partial charge is 0.444 e. The van der Waals surface area contributed by atoms with Crippen LogP contribution in [0.3, 0.4) is 0 Å². The molecule has 204 valence electrons. The summed E-state index contributed by atoms with van der Waals surface area (Å²) in [4.78, 5) is 42.1. The second-order valence-corrected chi connectivity index (χ2v) is 11.0. The summed E-state index contributed by atoms with van der Waals surface area (Å²) < 4.78 is 5.36. The molecule has 0 heterocycles. The number of carbonyl (C=O) groups excluding carboxylic acids is 3. The van der Waals surface area contributed by atoms with Gasteiger partial charge in [0.25, 0.3) is 5.91 Å². The van der Waals surface area contributed by atoms with Gasteiger partial charge in [-0.05, 0) is 87.1 Å². The minimum Gasteiger partial charge on any atom is -0.444 e. The first-order valence-electron chi connectivity index (χ1n) is 13.4. The number of amides is 3. The first kappa shape index (κ1) is 27.9. The second-order valence-electron chi connectivity index (χ2n) is 11.0. The monoisotopic (exact) mass is 527 g/mol. The summed E-state index contributed by atoms with van der Waals surface area (Å²) in [6.45, 7) is 10.8. The van der Waals surface area contributed by atoms with Crippen molar-refractivity contribution in [1.29, 1.82) is 0 Å². The summed E-state index contributed by atoms with van der Waals surface area (Å²) in [7, 11) is 0. The Morgan fingerprint density at radius 1 is 1.00 bits per heavy atom. The fourth-order valence-corrected chi connectivity index (χ4v) is 4.72. The molecule has 1 aliphatic carbocycles. The highest BCUT2D eigenvalue weighted by Crippen LogP contribution is 2.35. The molecule has 2 N–H and O–H groups in total. The molecule has 0 bridgehead atoms. The summed E-state index contributed by atoms with van der Waals surface area (Å²) in [5.74, 6) is -0.663. The smallest absolute Gasteiger partial charge is 0.408 e. The van der Waals surface area contributed by atoms with Crippen LogP contribution in [0.5, 0.6) is 0 Å². The zero-order chi connectivity index (χ0) is 28.2. The van der Waals surface area contributed by atoms with Gasteiger partial charge in [-0.2, -0.15) is 0 Å². The Bertz CT molecular complexity index is 1370. The first-order valence-corrected chi connectivity index (χ1v) is 13.4. The van der Waals surface area contributed by atoms with Crippen molar-refractivity contribution in [2.24, 2.45) is 0 Å². The molecule has 1 aliphatic rings. The molecule has 39 heavy (non-hydrogen) atoms. The molecule has 3 aromatic carbocycles. The quantitative estimate of drug-likeness (QED) is 0.352. The summed E-state index contributed by atoms with van der Waals surface area (Å²) in [5, 5.41) is 7.78. The normalized spacial score (nSPS) is 15.0. The van der Waals surface area contributed by atoms with Gasteiger partial charge in [-0.15, -0.1) is 0 Å². The van der Waals surface area contributed by atoms with Gasteiger partial charge in [0.2, 0.25) is 5.91 Å². The summed E-state index contributed by atoms with van der Waals surface area (Å²) >= 11 is 0. The molecule has 0 aromatic heterocycles. The molecule has 3 amide bonds. The number of carbonyl (C=O) groups is 3. The van der Waals surface area contributed by atoms with Crippen LogP contribution in [0.25, 0.3) is 16.8 Å². The zero-order valence-electron chi connectivity index (χ0n) is 23.1. The van der Waals surface area contributed by atoms with Crippen molar-refractivity contribution in [2.45, 2.75) is 70.7 Å². The van der Waals surface area contributed by atoms with Crippen LogP contribution in [-0.4, -0.2) is 40.5 Å². The fraction of sp³-hybridized carbons (Fsp3) is 0.344. The highest BCUT2D eigenvalue weighted by molar-refractivity contribution is 6.00. The molecule has 0 aliphatic heterocycles. The summed E-state index contributed by atoms with van der Waals surface area (Å²) in [5.41, 5.74) is 1.46. The van der Waals surface area contributed by atoms with E-state index in [-0.39, 0.29) is 17.9 Å². The third-order valence-electron chi connectivity index (χ3n) is 6.83. The van der Waals surface area contributed by atoms with Crippen LogP contribution in [0.15, 0.2) is 73.3 Å². The average molecular weight is 528 g/mol. The second kappa shape index (κ2) is 11.7. The number of nitrogens with one attached hydrogen (secondary N) is 2. The maximum atomic E-state index is 14.0. The van der Waals surface area contributed by atoms with Crippen molar-refractivity contribution in [3.63, 3.8) is 0 Å².